The van der Waals surface area contributed by atoms with Crippen molar-refractivity contribution in [1.29, 1.82) is 5.26 Å². The van der Waals surface area contributed by atoms with Crippen LogP contribution in [-0.4, -0.2) is 24.0 Å². The van der Waals surface area contributed by atoms with Gasteiger partial charge in [-0.3, -0.25) is 4.79 Å². The van der Waals surface area contributed by atoms with E-state index < -0.39 is 18.5 Å². The fourth-order valence-corrected chi connectivity index (χ4v) is 5.32. The Balaban J connectivity index is 1.75. The molecule has 0 saturated carbocycles. The molecule has 0 unspecified atom stereocenters. The van der Waals surface area contributed by atoms with Crippen LogP contribution in [0.4, 0.5) is 5.00 Å². The summed E-state index contributed by atoms with van der Waals surface area (Å²) in [6.07, 6.45) is 0.697. The van der Waals surface area contributed by atoms with E-state index in [1.54, 1.807) is 12.1 Å². The summed E-state index contributed by atoms with van der Waals surface area (Å²) in [4.78, 5) is 25.9. The molecule has 0 atom stereocenters. The molecule has 0 bridgehead atoms. The molecule has 1 aliphatic rings. The van der Waals surface area contributed by atoms with Crippen LogP contribution in [0.3, 0.4) is 0 Å². The number of carbonyl (C=O) groups is 2. The molecule has 6 nitrogen and oxygen atoms in total. The van der Waals surface area contributed by atoms with E-state index in [1.807, 2.05) is 19.9 Å². The summed E-state index contributed by atoms with van der Waals surface area (Å²) >= 11 is 1.40. The average Bonchev–Trinajstić information content (AvgIpc) is 2.98. The molecule has 0 radical (unpaired) electrons. The number of hydrogen-bond donors (Lipinski definition) is 2. The van der Waals surface area contributed by atoms with Gasteiger partial charge in [-0.25, -0.2) is 4.79 Å². The summed E-state index contributed by atoms with van der Waals surface area (Å²) in [5, 5.41) is 16.6. The second-order valence-electron chi connectivity index (χ2n) is 8.91. The first-order valence-corrected chi connectivity index (χ1v) is 10.7. The fourth-order valence-electron chi connectivity index (χ4n) is 4.08. The zero-order valence-corrected chi connectivity index (χ0v) is 19.0. The lowest BCUT2D eigenvalue weighted by Gasteiger charge is -2.42. The molecule has 0 fully saturated rings. The number of amides is 1. The first kappa shape index (κ1) is 22.0. The minimum atomic E-state index is -0.538. The largest absolute Gasteiger partial charge is 0.452 e. The fraction of sp³-hybridized carbons (Fsp3) is 0.435. The summed E-state index contributed by atoms with van der Waals surface area (Å²) in [6, 6.07) is 7.63. The van der Waals surface area contributed by atoms with Crippen LogP contribution in [0.2, 0.25) is 0 Å². The van der Waals surface area contributed by atoms with Gasteiger partial charge in [-0.05, 0) is 70.7 Å². The third-order valence-corrected chi connectivity index (χ3v) is 6.84. The number of nitriles is 1. The topological polar surface area (TPSA) is 91.2 Å². The highest BCUT2D eigenvalue weighted by atomic mass is 32.1. The molecule has 1 aromatic heterocycles. The molecule has 0 saturated heterocycles. The van der Waals surface area contributed by atoms with Gasteiger partial charge in [0.15, 0.2) is 6.61 Å². The van der Waals surface area contributed by atoms with Crippen molar-refractivity contribution in [2.24, 2.45) is 0 Å². The lowest BCUT2D eigenvalue weighted by molar-refractivity contribution is -0.119. The smallest absolute Gasteiger partial charge is 0.338 e. The number of hydrogen-bond acceptors (Lipinski definition) is 6. The van der Waals surface area contributed by atoms with Gasteiger partial charge >= 0.3 is 5.97 Å². The Morgan fingerprint density at radius 1 is 1.27 bits per heavy atom. The number of esters is 1. The molecule has 1 aliphatic heterocycles. The summed E-state index contributed by atoms with van der Waals surface area (Å²) in [5.41, 5.74) is 3.25. The number of nitrogens with one attached hydrogen (secondary N) is 2. The Hall–Kier alpha value is -2.69. The second kappa shape index (κ2) is 7.86. The normalized spacial score (nSPS) is 16.3. The molecular weight excluding hydrogens is 398 g/mol. The molecule has 2 N–H and O–H groups in total. The van der Waals surface area contributed by atoms with Crippen molar-refractivity contribution < 1.29 is 14.3 Å². The molecule has 30 heavy (non-hydrogen) atoms. The van der Waals surface area contributed by atoms with E-state index >= 15 is 0 Å². The molecule has 2 aromatic rings. The third kappa shape index (κ3) is 4.25. The summed E-state index contributed by atoms with van der Waals surface area (Å²) in [7, 11) is 0. The highest BCUT2D eigenvalue weighted by Crippen LogP contribution is 2.44. The Bertz CT molecular complexity index is 1060. The van der Waals surface area contributed by atoms with Crippen LogP contribution >= 0.6 is 11.3 Å². The zero-order chi connectivity index (χ0) is 22.3. The molecule has 0 aliphatic carbocycles. The molecule has 1 aromatic carbocycles. The number of benzene rings is 1. The first-order chi connectivity index (χ1) is 13.9. The van der Waals surface area contributed by atoms with E-state index in [4.69, 9.17) is 4.74 Å². The Kier molecular flexibility index (Phi) is 5.76. The number of fused-ring (bicyclic) bond motifs is 1. The van der Waals surface area contributed by atoms with Crippen molar-refractivity contribution in [2.45, 2.75) is 59.0 Å². The zero-order valence-electron chi connectivity index (χ0n) is 18.2. The molecule has 1 amide bonds. The SMILES string of the molecule is Cc1cccc(C(=O)OCC(=O)Nc2sc3c(c2C#N)CC(C)(C)NC3(C)C)c1C. The predicted molar refractivity (Wildman–Crippen MR) is 118 cm³/mol. The predicted octanol–water partition coefficient (Wildman–Crippen LogP) is 4.19. The van der Waals surface area contributed by atoms with Gasteiger partial charge < -0.3 is 15.4 Å². The maximum absolute atomic E-state index is 12.5. The highest BCUT2D eigenvalue weighted by molar-refractivity contribution is 7.17. The standard InChI is InChI=1S/C23H27N3O3S/c1-13-8-7-9-15(14(13)2)21(28)29-12-18(27)25-20-17(11-24)16-10-22(3,4)26-23(5,6)19(16)30-20/h7-9,26H,10,12H2,1-6H3,(H,25,27). The lowest BCUT2D eigenvalue weighted by Crippen LogP contribution is -2.54. The van der Waals surface area contributed by atoms with Crippen LogP contribution < -0.4 is 10.6 Å². The molecular formula is C23H27N3O3S. The maximum Gasteiger partial charge on any atom is 0.338 e. The van der Waals surface area contributed by atoms with E-state index in [2.05, 4.69) is 44.4 Å². The van der Waals surface area contributed by atoms with Gasteiger partial charge in [-0.15, -0.1) is 11.3 Å². The number of aryl methyl sites for hydroxylation is 1. The first-order valence-electron chi connectivity index (χ1n) is 9.84. The molecule has 3 rings (SSSR count). The van der Waals surface area contributed by atoms with E-state index in [1.165, 1.54) is 11.3 Å². The molecule has 2 heterocycles. The van der Waals surface area contributed by atoms with Crippen molar-refractivity contribution in [3.8, 4) is 6.07 Å². The minimum Gasteiger partial charge on any atom is -0.452 e. The Labute approximate surface area is 181 Å². The summed E-state index contributed by atoms with van der Waals surface area (Å²) < 4.78 is 5.21. The van der Waals surface area contributed by atoms with Crippen LogP contribution in [0, 0.1) is 25.2 Å². The highest BCUT2D eigenvalue weighted by Gasteiger charge is 2.40. The van der Waals surface area contributed by atoms with Gasteiger partial charge in [0.05, 0.1) is 11.1 Å². The number of carbonyl (C=O) groups excluding carboxylic acids is 2. The van der Waals surface area contributed by atoms with Gasteiger partial charge in [-0.2, -0.15) is 5.26 Å². The van der Waals surface area contributed by atoms with Gasteiger partial charge in [0.2, 0.25) is 0 Å². The van der Waals surface area contributed by atoms with Gasteiger partial charge in [0.25, 0.3) is 5.91 Å². The van der Waals surface area contributed by atoms with Crippen molar-refractivity contribution >= 4 is 28.2 Å². The van der Waals surface area contributed by atoms with Gasteiger partial charge in [-0.1, -0.05) is 12.1 Å². The van der Waals surface area contributed by atoms with Crippen molar-refractivity contribution in [2.75, 3.05) is 11.9 Å². The third-order valence-electron chi connectivity index (χ3n) is 5.37. The van der Waals surface area contributed by atoms with Crippen LogP contribution in [0.5, 0.6) is 0 Å². The number of thiophene rings is 1. The minimum absolute atomic E-state index is 0.161. The monoisotopic (exact) mass is 425 g/mol. The van der Waals surface area contributed by atoms with Crippen LogP contribution in [0.25, 0.3) is 0 Å². The average molecular weight is 426 g/mol. The van der Waals surface area contributed by atoms with E-state index in [-0.39, 0.29) is 11.1 Å². The number of anilines is 1. The van der Waals surface area contributed by atoms with Crippen molar-refractivity contribution in [1.82, 2.24) is 5.32 Å². The molecule has 7 heteroatoms. The van der Waals surface area contributed by atoms with E-state index in [0.29, 0.717) is 22.5 Å². The molecule has 0 spiro atoms. The second-order valence-corrected chi connectivity index (χ2v) is 9.93. The van der Waals surface area contributed by atoms with Crippen molar-refractivity contribution in [3.05, 3.63) is 50.9 Å². The number of rotatable bonds is 4. The van der Waals surface area contributed by atoms with Gasteiger partial charge in [0, 0.05) is 16.0 Å². The quantitative estimate of drug-likeness (QED) is 0.717. The maximum atomic E-state index is 12.5. The lowest BCUT2D eigenvalue weighted by atomic mass is 9.81. The van der Waals surface area contributed by atoms with E-state index in [0.717, 1.165) is 21.6 Å². The van der Waals surface area contributed by atoms with Crippen LogP contribution in [-0.2, 0) is 21.5 Å². The molecule has 158 valence electrons. The summed E-state index contributed by atoms with van der Waals surface area (Å²) in [6.45, 7) is 11.7. The van der Waals surface area contributed by atoms with Crippen LogP contribution in [0.1, 0.15) is 65.2 Å². The number of ether oxygens (including phenoxy) is 1. The van der Waals surface area contributed by atoms with Crippen molar-refractivity contribution in [3.63, 3.8) is 0 Å². The number of nitrogens with zero attached hydrogens (tertiary/aromatic N) is 1. The van der Waals surface area contributed by atoms with E-state index in [9.17, 15) is 14.9 Å². The Morgan fingerprint density at radius 2 is 1.97 bits per heavy atom. The Morgan fingerprint density at radius 3 is 2.63 bits per heavy atom. The summed E-state index contributed by atoms with van der Waals surface area (Å²) in [5.74, 6) is -1.00. The van der Waals surface area contributed by atoms with Crippen LogP contribution in [0.15, 0.2) is 18.2 Å². The van der Waals surface area contributed by atoms with Gasteiger partial charge in [0.1, 0.15) is 11.1 Å².